The Balaban J connectivity index is 1.33. The zero-order chi connectivity index (χ0) is 20.2. The molecule has 0 radical (unpaired) electrons. The van der Waals surface area contributed by atoms with Crippen molar-refractivity contribution in [1.82, 2.24) is 15.1 Å². The van der Waals surface area contributed by atoms with Crippen LogP contribution in [-0.4, -0.2) is 34.2 Å². The molecule has 0 unspecified atom stereocenters. The van der Waals surface area contributed by atoms with Gasteiger partial charge in [-0.1, -0.05) is 53.5 Å². The Labute approximate surface area is 178 Å². The molecule has 1 amide bonds. The number of anilines is 1. The van der Waals surface area contributed by atoms with Crippen molar-refractivity contribution in [3.8, 4) is 5.75 Å². The Morgan fingerprint density at radius 3 is 2.83 bits per heavy atom. The fourth-order valence-electron chi connectivity index (χ4n) is 3.36. The molecule has 6 nitrogen and oxygen atoms in total. The molecule has 0 aliphatic carbocycles. The quantitative estimate of drug-likeness (QED) is 0.611. The van der Waals surface area contributed by atoms with Crippen LogP contribution < -0.4 is 10.1 Å². The fraction of sp³-hybridized carbons (Fsp3) is 0.238. The first kappa shape index (κ1) is 19.8. The number of H-pyrrole nitrogens is 1. The molecule has 0 saturated carbocycles. The van der Waals surface area contributed by atoms with E-state index in [1.54, 1.807) is 18.2 Å². The van der Waals surface area contributed by atoms with Crippen LogP contribution in [0, 0.1) is 0 Å². The molecular formula is C21H20Cl2N4O2. The van der Waals surface area contributed by atoms with Gasteiger partial charge in [0.2, 0.25) is 0 Å². The summed E-state index contributed by atoms with van der Waals surface area (Å²) < 4.78 is 5.48. The van der Waals surface area contributed by atoms with Gasteiger partial charge in [0.1, 0.15) is 5.75 Å². The van der Waals surface area contributed by atoms with Crippen LogP contribution in [0.25, 0.3) is 0 Å². The molecule has 150 valence electrons. The number of hydrogen-bond acceptors (Lipinski definition) is 4. The number of carbonyl (C=O) groups excluding carboxylic acids is 1. The molecule has 1 aromatic heterocycles. The largest absolute Gasteiger partial charge is 0.482 e. The van der Waals surface area contributed by atoms with Gasteiger partial charge in [-0.15, -0.1) is 0 Å². The second kappa shape index (κ2) is 8.86. The molecular weight excluding hydrogens is 411 g/mol. The highest BCUT2D eigenvalue weighted by Gasteiger charge is 2.23. The summed E-state index contributed by atoms with van der Waals surface area (Å²) in [5, 5.41) is 11.0. The molecule has 3 aromatic rings. The molecule has 1 aliphatic rings. The number of amides is 1. The zero-order valence-electron chi connectivity index (χ0n) is 15.6. The normalized spacial score (nSPS) is 13.7. The van der Waals surface area contributed by atoms with E-state index in [4.69, 9.17) is 27.9 Å². The number of carbonyl (C=O) groups is 1. The third kappa shape index (κ3) is 4.90. The minimum atomic E-state index is -0.294. The lowest BCUT2D eigenvalue weighted by molar-refractivity contribution is -0.118. The summed E-state index contributed by atoms with van der Waals surface area (Å²) >= 11 is 11.9. The SMILES string of the molecule is O=C(COc1ccc(Cl)cc1Cl)Nc1n[nH]c2c1CCN(Cc1ccccc1)C2. The maximum Gasteiger partial charge on any atom is 0.263 e. The summed E-state index contributed by atoms with van der Waals surface area (Å²) in [5.41, 5.74) is 3.36. The summed E-state index contributed by atoms with van der Waals surface area (Å²) in [6.07, 6.45) is 0.818. The minimum absolute atomic E-state index is 0.164. The number of fused-ring (bicyclic) bond motifs is 1. The maximum absolute atomic E-state index is 12.3. The Morgan fingerprint density at radius 2 is 2.03 bits per heavy atom. The molecule has 29 heavy (non-hydrogen) atoms. The summed E-state index contributed by atoms with van der Waals surface area (Å²) in [7, 11) is 0. The van der Waals surface area contributed by atoms with E-state index in [1.165, 1.54) is 5.56 Å². The van der Waals surface area contributed by atoms with Crippen molar-refractivity contribution >= 4 is 34.9 Å². The van der Waals surface area contributed by atoms with E-state index in [0.29, 0.717) is 21.6 Å². The van der Waals surface area contributed by atoms with Crippen LogP contribution >= 0.6 is 23.2 Å². The predicted molar refractivity (Wildman–Crippen MR) is 113 cm³/mol. The van der Waals surface area contributed by atoms with E-state index in [1.807, 2.05) is 18.2 Å². The highest BCUT2D eigenvalue weighted by Crippen LogP contribution is 2.28. The number of ether oxygens (including phenoxy) is 1. The van der Waals surface area contributed by atoms with Gasteiger partial charge in [-0.3, -0.25) is 14.8 Å². The number of aromatic amines is 1. The van der Waals surface area contributed by atoms with Crippen LogP contribution in [0.2, 0.25) is 10.0 Å². The van der Waals surface area contributed by atoms with Crippen molar-refractivity contribution in [2.75, 3.05) is 18.5 Å². The molecule has 0 atom stereocenters. The van der Waals surface area contributed by atoms with Crippen LogP contribution in [0.4, 0.5) is 5.82 Å². The van der Waals surface area contributed by atoms with Crippen molar-refractivity contribution < 1.29 is 9.53 Å². The van der Waals surface area contributed by atoms with Gasteiger partial charge >= 0.3 is 0 Å². The second-order valence-electron chi connectivity index (χ2n) is 6.89. The van der Waals surface area contributed by atoms with Gasteiger partial charge in [-0.2, -0.15) is 5.10 Å². The van der Waals surface area contributed by atoms with Crippen molar-refractivity contribution in [3.05, 3.63) is 75.4 Å². The molecule has 0 saturated heterocycles. The molecule has 8 heteroatoms. The van der Waals surface area contributed by atoms with Crippen LogP contribution in [0.15, 0.2) is 48.5 Å². The van der Waals surface area contributed by atoms with Crippen LogP contribution in [-0.2, 0) is 24.3 Å². The van der Waals surface area contributed by atoms with E-state index in [9.17, 15) is 4.79 Å². The van der Waals surface area contributed by atoms with E-state index in [0.717, 1.165) is 37.3 Å². The fourth-order valence-corrected chi connectivity index (χ4v) is 3.82. The third-order valence-corrected chi connectivity index (χ3v) is 5.30. The molecule has 2 N–H and O–H groups in total. The molecule has 2 aromatic carbocycles. The lowest BCUT2D eigenvalue weighted by atomic mass is 10.1. The predicted octanol–water partition coefficient (Wildman–Crippen LogP) is 4.29. The molecule has 0 spiro atoms. The van der Waals surface area contributed by atoms with Gasteiger partial charge < -0.3 is 10.1 Å². The monoisotopic (exact) mass is 430 g/mol. The Bertz CT molecular complexity index is 1010. The van der Waals surface area contributed by atoms with E-state index in [-0.39, 0.29) is 12.5 Å². The summed E-state index contributed by atoms with van der Waals surface area (Å²) in [5.74, 6) is 0.680. The minimum Gasteiger partial charge on any atom is -0.482 e. The van der Waals surface area contributed by atoms with Crippen LogP contribution in [0.5, 0.6) is 5.75 Å². The summed E-state index contributed by atoms with van der Waals surface area (Å²) in [4.78, 5) is 14.6. The topological polar surface area (TPSA) is 70.2 Å². The highest BCUT2D eigenvalue weighted by molar-refractivity contribution is 6.35. The number of halogens is 2. The highest BCUT2D eigenvalue weighted by atomic mass is 35.5. The van der Waals surface area contributed by atoms with Gasteiger partial charge in [0, 0.05) is 30.2 Å². The smallest absolute Gasteiger partial charge is 0.263 e. The molecule has 4 rings (SSSR count). The second-order valence-corrected chi connectivity index (χ2v) is 7.73. The number of benzene rings is 2. The number of rotatable bonds is 6. The lowest BCUT2D eigenvalue weighted by Gasteiger charge is -2.26. The van der Waals surface area contributed by atoms with Crippen molar-refractivity contribution in [1.29, 1.82) is 0 Å². The Hall–Kier alpha value is -2.54. The standard InChI is InChI=1S/C21H20Cl2N4O2/c22-15-6-7-19(17(23)10-15)29-13-20(28)24-21-16-8-9-27(12-18(16)25-26-21)11-14-4-2-1-3-5-14/h1-7,10H,8-9,11-13H2,(H2,24,25,26,28). The van der Waals surface area contributed by atoms with Crippen molar-refractivity contribution in [3.63, 3.8) is 0 Å². The third-order valence-electron chi connectivity index (χ3n) is 4.77. The molecule has 0 fully saturated rings. The van der Waals surface area contributed by atoms with Gasteiger partial charge in [0.15, 0.2) is 12.4 Å². The van der Waals surface area contributed by atoms with Gasteiger partial charge in [-0.05, 0) is 30.2 Å². The summed E-state index contributed by atoms with van der Waals surface area (Å²) in [6, 6.07) is 15.2. The number of nitrogens with zero attached hydrogens (tertiary/aromatic N) is 2. The summed E-state index contributed by atoms with van der Waals surface area (Å²) in [6.45, 7) is 2.39. The van der Waals surface area contributed by atoms with Gasteiger partial charge in [0.25, 0.3) is 5.91 Å². The molecule has 1 aliphatic heterocycles. The zero-order valence-corrected chi connectivity index (χ0v) is 17.1. The lowest BCUT2D eigenvalue weighted by Crippen LogP contribution is -2.30. The van der Waals surface area contributed by atoms with E-state index < -0.39 is 0 Å². The molecule has 2 heterocycles. The first-order valence-corrected chi connectivity index (χ1v) is 10.0. The number of aromatic nitrogens is 2. The first-order valence-electron chi connectivity index (χ1n) is 9.28. The van der Waals surface area contributed by atoms with Crippen LogP contribution in [0.1, 0.15) is 16.8 Å². The van der Waals surface area contributed by atoms with Gasteiger partial charge in [0.05, 0.1) is 10.7 Å². The van der Waals surface area contributed by atoms with E-state index in [2.05, 4.69) is 32.5 Å². The first-order chi connectivity index (χ1) is 14.1. The average molecular weight is 431 g/mol. The van der Waals surface area contributed by atoms with Crippen molar-refractivity contribution in [2.24, 2.45) is 0 Å². The van der Waals surface area contributed by atoms with Crippen LogP contribution in [0.3, 0.4) is 0 Å². The van der Waals surface area contributed by atoms with Crippen molar-refractivity contribution in [2.45, 2.75) is 19.5 Å². The van der Waals surface area contributed by atoms with Gasteiger partial charge in [-0.25, -0.2) is 0 Å². The maximum atomic E-state index is 12.3. The van der Waals surface area contributed by atoms with E-state index >= 15 is 0 Å². The average Bonchev–Trinajstić information content (AvgIpc) is 3.10. The Kier molecular flexibility index (Phi) is 6.04. The molecule has 0 bridgehead atoms. The number of hydrogen-bond donors (Lipinski definition) is 2. The Morgan fingerprint density at radius 1 is 1.21 bits per heavy atom. The number of nitrogens with one attached hydrogen (secondary N) is 2.